The molecule has 1 fully saturated rings. The molecule has 3 aromatic carbocycles. The summed E-state index contributed by atoms with van der Waals surface area (Å²) < 4.78 is 5.45. The molecule has 170 valence electrons. The number of ether oxygens (including phenoxy) is 1. The number of benzene rings is 3. The van der Waals surface area contributed by atoms with E-state index in [1.54, 1.807) is 24.3 Å². The summed E-state index contributed by atoms with van der Waals surface area (Å²) in [4.78, 5) is 28.2. The van der Waals surface area contributed by atoms with Crippen molar-refractivity contribution >= 4 is 34.8 Å². The van der Waals surface area contributed by atoms with E-state index in [0.29, 0.717) is 23.8 Å². The third kappa shape index (κ3) is 5.92. The first-order valence-corrected chi connectivity index (χ1v) is 11.3. The number of carbonyl (C=O) groups is 2. The Kier molecular flexibility index (Phi) is 7.60. The third-order valence-corrected chi connectivity index (χ3v) is 5.87. The van der Waals surface area contributed by atoms with Gasteiger partial charge in [-0.1, -0.05) is 66.2 Å². The van der Waals surface area contributed by atoms with Crippen molar-refractivity contribution in [3.8, 4) is 0 Å². The molecule has 0 radical (unpaired) electrons. The van der Waals surface area contributed by atoms with Gasteiger partial charge < -0.3 is 20.3 Å². The van der Waals surface area contributed by atoms with E-state index >= 15 is 0 Å². The Bertz CT molecular complexity index is 1100. The Morgan fingerprint density at radius 2 is 1.58 bits per heavy atom. The van der Waals surface area contributed by atoms with Gasteiger partial charge in [0.05, 0.1) is 47.6 Å². The van der Waals surface area contributed by atoms with Gasteiger partial charge in [0.15, 0.2) is 0 Å². The van der Waals surface area contributed by atoms with Crippen LogP contribution in [0.2, 0.25) is 5.02 Å². The summed E-state index contributed by atoms with van der Waals surface area (Å²) >= 11 is 6.20. The maximum atomic E-state index is 13.1. The lowest BCUT2D eigenvalue weighted by Gasteiger charge is -2.30. The number of nitrogens with one attached hydrogen (secondary N) is 2. The number of rotatable bonds is 7. The highest BCUT2D eigenvalue weighted by atomic mass is 35.5. The molecule has 0 aliphatic carbocycles. The molecule has 1 unspecified atom stereocenters. The zero-order chi connectivity index (χ0) is 23.0. The van der Waals surface area contributed by atoms with Crippen molar-refractivity contribution in [2.24, 2.45) is 0 Å². The molecule has 2 amide bonds. The molecule has 1 heterocycles. The average Bonchev–Trinajstić information content (AvgIpc) is 2.85. The van der Waals surface area contributed by atoms with Crippen molar-refractivity contribution in [1.82, 2.24) is 5.32 Å². The maximum Gasteiger partial charge on any atom is 0.253 e. The standard InChI is InChI=1S/C26H26ClN3O3/c27-21-11-5-4-10-20(21)26(32)29-23(19-8-2-1-3-9-19)18-25(31)28-22-12-6-7-13-24(22)30-14-16-33-17-15-30/h1-13,23H,14-18H2,(H,28,31)(H,29,32). The van der Waals surface area contributed by atoms with Crippen molar-refractivity contribution in [3.05, 3.63) is 95.0 Å². The van der Waals surface area contributed by atoms with Gasteiger partial charge in [-0.3, -0.25) is 9.59 Å². The minimum Gasteiger partial charge on any atom is -0.378 e. The molecule has 1 saturated heterocycles. The summed E-state index contributed by atoms with van der Waals surface area (Å²) in [6.07, 6.45) is 0.0810. The molecule has 3 aromatic rings. The lowest BCUT2D eigenvalue weighted by Crippen LogP contribution is -2.37. The number of halogens is 1. The monoisotopic (exact) mass is 463 g/mol. The number of nitrogens with zero attached hydrogens (tertiary/aromatic N) is 1. The Hall–Kier alpha value is -3.35. The molecule has 1 atom stereocenters. The molecule has 33 heavy (non-hydrogen) atoms. The quantitative estimate of drug-likeness (QED) is 0.534. The molecule has 2 N–H and O–H groups in total. The number of carbonyl (C=O) groups excluding carboxylic acids is 2. The fourth-order valence-electron chi connectivity index (χ4n) is 3.86. The molecule has 7 heteroatoms. The average molecular weight is 464 g/mol. The van der Waals surface area contributed by atoms with Gasteiger partial charge in [-0.05, 0) is 29.8 Å². The van der Waals surface area contributed by atoms with E-state index in [-0.39, 0.29) is 18.2 Å². The second-order valence-corrected chi connectivity index (χ2v) is 8.19. The summed E-state index contributed by atoms with van der Waals surface area (Å²) in [5, 5.41) is 6.37. The zero-order valence-corrected chi connectivity index (χ0v) is 18.9. The van der Waals surface area contributed by atoms with Crippen LogP contribution < -0.4 is 15.5 Å². The molecule has 4 rings (SSSR count). The van der Waals surface area contributed by atoms with E-state index in [2.05, 4.69) is 15.5 Å². The highest BCUT2D eigenvalue weighted by Crippen LogP contribution is 2.27. The van der Waals surface area contributed by atoms with Gasteiger partial charge in [0.2, 0.25) is 5.91 Å². The fourth-order valence-corrected chi connectivity index (χ4v) is 4.09. The lowest BCUT2D eigenvalue weighted by atomic mass is 10.0. The SMILES string of the molecule is O=C(CC(NC(=O)c1ccccc1Cl)c1ccccc1)Nc1ccccc1N1CCOCC1. The number of para-hydroxylation sites is 2. The largest absolute Gasteiger partial charge is 0.378 e. The second kappa shape index (κ2) is 11.0. The van der Waals surface area contributed by atoms with Crippen LogP contribution in [-0.2, 0) is 9.53 Å². The smallest absolute Gasteiger partial charge is 0.253 e. The highest BCUT2D eigenvalue weighted by molar-refractivity contribution is 6.33. The normalized spacial score (nSPS) is 14.4. The molecular formula is C26H26ClN3O3. The van der Waals surface area contributed by atoms with Crippen LogP contribution in [0.25, 0.3) is 0 Å². The molecule has 1 aliphatic rings. The van der Waals surface area contributed by atoms with Gasteiger partial charge in [0.1, 0.15) is 0 Å². The third-order valence-electron chi connectivity index (χ3n) is 5.55. The van der Waals surface area contributed by atoms with E-state index in [1.165, 1.54) is 0 Å². The minimum absolute atomic E-state index is 0.0810. The van der Waals surface area contributed by atoms with Gasteiger partial charge in [0.25, 0.3) is 5.91 Å². The van der Waals surface area contributed by atoms with E-state index < -0.39 is 6.04 Å². The van der Waals surface area contributed by atoms with Crippen LogP contribution in [0.5, 0.6) is 0 Å². The lowest BCUT2D eigenvalue weighted by molar-refractivity contribution is -0.116. The van der Waals surface area contributed by atoms with Crippen LogP contribution in [0.4, 0.5) is 11.4 Å². The maximum absolute atomic E-state index is 13.1. The highest BCUT2D eigenvalue weighted by Gasteiger charge is 2.22. The van der Waals surface area contributed by atoms with Crippen LogP contribution in [0, 0.1) is 0 Å². The first-order chi connectivity index (χ1) is 16.1. The van der Waals surface area contributed by atoms with Gasteiger partial charge in [0, 0.05) is 13.1 Å². The molecule has 6 nitrogen and oxygen atoms in total. The van der Waals surface area contributed by atoms with Crippen LogP contribution in [0.15, 0.2) is 78.9 Å². The predicted octanol–water partition coefficient (Wildman–Crippen LogP) is 4.68. The number of morpholine rings is 1. The number of amides is 2. The molecule has 0 bridgehead atoms. The summed E-state index contributed by atoms with van der Waals surface area (Å²) in [5.74, 6) is -0.514. The molecule has 0 spiro atoms. The minimum atomic E-state index is -0.509. The van der Waals surface area contributed by atoms with Crippen LogP contribution >= 0.6 is 11.6 Å². The van der Waals surface area contributed by atoms with Gasteiger partial charge in [-0.25, -0.2) is 0 Å². The van der Waals surface area contributed by atoms with E-state index in [1.807, 2.05) is 54.6 Å². The molecular weight excluding hydrogens is 438 g/mol. The first kappa shape index (κ1) is 22.8. The Labute approximate surface area is 198 Å². The van der Waals surface area contributed by atoms with Gasteiger partial charge in [-0.2, -0.15) is 0 Å². The van der Waals surface area contributed by atoms with Crippen LogP contribution in [-0.4, -0.2) is 38.1 Å². The fraction of sp³-hybridized carbons (Fsp3) is 0.231. The van der Waals surface area contributed by atoms with E-state index in [4.69, 9.17) is 16.3 Å². The van der Waals surface area contributed by atoms with E-state index in [0.717, 1.165) is 30.0 Å². The molecule has 0 aromatic heterocycles. The Morgan fingerprint density at radius 1 is 0.909 bits per heavy atom. The van der Waals surface area contributed by atoms with Gasteiger partial charge in [-0.15, -0.1) is 0 Å². The Balaban J connectivity index is 1.51. The summed E-state index contributed by atoms with van der Waals surface area (Å²) in [5.41, 5.74) is 2.92. The number of hydrogen-bond acceptors (Lipinski definition) is 4. The van der Waals surface area contributed by atoms with Crippen molar-refractivity contribution in [2.45, 2.75) is 12.5 Å². The van der Waals surface area contributed by atoms with Crippen molar-refractivity contribution < 1.29 is 14.3 Å². The van der Waals surface area contributed by atoms with Crippen molar-refractivity contribution in [2.75, 3.05) is 36.5 Å². The second-order valence-electron chi connectivity index (χ2n) is 7.79. The predicted molar refractivity (Wildman–Crippen MR) is 131 cm³/mol. The van der Waals surface area contributed by atoms with Crippen LogP contribution in [0.1, 0.15) is 28.4 Å². The van der Waals surface area contributed by atoms with Crippen LogP contribution in [0.3, 0.4) is 0 Å². The molecule has 0 saturated carbocycles. The molecule has 1 aliphatic heterocycles. The number of hydrogen-bond donors (Lipinski definition) is 2. The van der Waals surface area contributed by atoms with Crippen molar-refractivity contribution in [3.63, 3.8) is 0 Å². The van der Waals surface area contributed by atoms with Crippen molar-refractivity contribution in [1.29, 1.82) is 0 Å². The zero-order valence-electron chi connectivity index (χ0n) is 18.2. The topological polar surface area (TPSA) is 70.7 Å². The van der Waals surface area contributed by atoms with E-state index in [9.17, 15) is 9.59 Å². The van der Waals surface area contributed by atoms with Gasteiger partial charge >= 0.3 is 0 Å². The number of anilines is 2. The summed E-state index contributed by atoms with van der Waals surface area (Å²) in [6.45, 7) is 2.86. The summed E-state index contributed by atoms with van der Waals surface area (Å²) in [6, 6.07) is 23.6. The summed E-state index contributed by atoms with van der Waals surface area (Å²) in [7, 11) is 0. The first-order valence-electron chi connectivity index (χ1n) is 10.9. The Morgan fingerprint density at radius 3 is 2.33 bits per heavy atom.